The Bertz CT molecular complexity index is 1020. The Labute approximate surface area is 162 Å². The second kappa shape index (κ2) is 7.08. The second-order valence-corrected chi connectivity index (χ2v) is 6.88. The molecule has 0 saturated heterocycles. The van der Waals surface area contributed by atoms with Crippen LogP contribution in [0.4, 0.5) is 14.6 Å². The molecule has 3 aromatic rings. The van der Waals surface area contributed by atoms with Gasteiger partial charge in [0, 0.05) is 28.2 Å². The molecule has 0 radical (unpaired) electrons. The predicted molar refractivity (Wildman–Crippen MR) is 101 cm³/mol. The van der Waals surface area contributed by atoms with Crippen LogP contribution in [0.1, 0.15) is 15.9 Å². The number of hydrogen-bond acceptors (Lipinski definition) is 3. The summed E-state index contributed by atoms with van der Waals surface area (Å²) in [5.74, 6) is -1.70. The summed E-state index contributed by atoms with van der Waals surface area (Å²) in [6.07, 6.45) is 2.46. The van der Waals surface area contributed by atoms with Gasteiger partial charge in [0.15, 0.2) is 0 Å². The lowest BCUT2D eigenvalue weighted by molar-refractivity contribution is 0.101. The molecule has 7 heteroatoms. The highest BCUT2D eigenvalue weighted by molar-refractivity contribution is 9.10. The minimum Gasteiger partial charge on any atom is -0.493 e. The number of nitrogens with one attached hydrogen (secondary N) is 1. The van der Waals surface area contributed by atoms with Gasteiger partial charge in [0.1, 0.15) is 28.8 Å². The Morgan fingerprint density at radius 1 is 1.15 bits per heavy atom. The number of aromatic nitrogens is 1. The van der Waals surface area contributed by atoms with Crippen LogP contribution in [0.3, 0.4) is 0 Å². The molecule has 0 fully saturated rings. The average Bonchev–Trinajstić information content (AvgIpc) is 3.09. The summed E-state index contributed by atoms with van der Waals surface area (Å²) in [7, 11) is 0. The molecule has 4 nitrogen and oxygen atoms in total. The zero-order chi connectivity index (χ0) is 19.0. The van der Waals surface area contributed by atoms with Crippen LogP contribution in [0.5, 0.6) is 5.75 Å². The first kappa shape index (κ1) is 17.6. The first-order chi connectivity index (χ1) is 13.0. The molecule has 0 spiro atoms. The molecular formula is C20H13BrF2N2O2. The molecule has 1 amide bonds. The van der Waals surface area contributed by atoms with Gasteiger partial charge in [-0.15, -0.1) is 0 Å². The lowest BCUT2D eigenvalue weighted by Gasteiger charge is -2.10. The molecule has 0 bridgehead atoms. The van der Waals surface area contributed by atoms with Gasteiger partial charge >= 0.3 is 0 Å². The molecule has 0 saturated carbocycles. The molecule has 136 valence electrons. The van der Waals surface area contributed by atoms with E-state index >= 15 is 0 Å². The van der Waals surface area contributed by atoms with Gasteiger partial charge in [-0.05, 0) is 42.0 Å². The fourth-order valence-electron chi connectivity index (χ4n) is 2.94. The van der Waals surface area contributed by atoms with E-state index in [-0.39, 0.29) is 5.82 Å². The molecule has 1 aliphatic heterocycles. The van der Waals surface area contributed by atoms with Crippen LogP contribution in [-0.4, -0.2) is 17.5 Å². The number of anilines is 1. The Morgan fingerprint density at radius 3 is 2.63 bits per heavy atom. The van der Waals surface area contributed by atoms with Gasteiger partial charge in [0.25, 0.3) is 5.91 Å². The molecule has 0 unspecified atom stereocenters. The fourth-order valence-corrected chi connectivity index (χ4v) is 3.56. The minimum absolute atomic E-state index is 0.194. The number of amides is 1. The van der Waals surface area contributed by atoms with E-state index in [0.29, 0.717) is 6.61 Å². The topological polar surface area (TPSA) is 51.2 Å². The molecular weight excluding hydrogens is 418 g/mol. The first-order valence-corrected chi connectivity index (χ1v) is 8.99. The number of fused-ring (bicyclic) bond motifs is 1. The lowest BCUT2D eigenvalue weighted by Crippen LogP contribution is -2.16. The number of ether oxygens (including phenoxy) is 1. The summed E-state index contributed by atoms with van der Waals surface area (Å²) in [6.45, 7) is 0.668. The van der Waals surface area contributed by atoms with Gasteiger partial charge in [0.2, 0.25) is 0 Å². The number of rotatable bonds is 3. The third kappa shape index (κ3) is 3.42. The van der Waals surface area contributed by atoms with Crippen molar-refractivity contribution in [1.29, 1.82) is 0 Å². The SMILES string of the molecule is O=C(Nc1ccc(-c2cc3c(cc2Br)CCO3)cn1)c1c(F)cccc1F. The maximum Gasteiger partial charge on any atom is 0.262 e. The standard InChI is InChI=1S/C20H13BrF2N2O2/c21-14-8-11-6-7-27-17(11)9-13(14)12-4-5-18(24-10-12)25-20(26)19-15(22)2-1-3-16(19)23/h1-5,8-10H,6-7H2,(H,24,25,26). The van der Waals surface area contributed by atoms with Crippen molar-refractivity contribution in [1.82, 2.24) is 4.98 Å². The summed E-state index contributed by atoms with van der Waals surface area (Å²) >= 11 is 3.56. The van der Waals surface area contributed by atoms with Gasteiger partial charge in [-0.3, -0.25) is 4.79 Å². The summed E-state index contributed by atoms with van der Waals surface area (Å²) < 4.78 is 33.9. The van der Waals surface area contributed by atoms with Gasteiger partial charge in [-0.1, -0.05) is 22.0 Å². The van der Waals surface area contributed by atoms with Crippen molar-refractivity contribution in [2.24, 2.45) is 0 Å². The van der Waals surface area contributed by atoms with Gasteiger partial charge in [0.05, 0.1) is 6.61 Å². The van der Waals surface area contributed by atoms with Crippen molar-refractivity contribution in [3.05, 3.63) is 75.9 Å². The maximum absolute atomic E-state index is 13.7. The van der Waals surface area contributed by atoms with Gasteiger partial charge in [-0.2, -0.15) is 0 Å². The van der Waals surface area contributed by atoms with Crippen molar-refractivity contribution >= 4 is 27.7 Å². The zero-order valence-corrected chi connectivity index (χ0v) is 15.5. The van der Waals surface area contributed by atoms with Gasteiger partial charge in [-0.25, -0.2) is 13.8 Å². The van der Waals surface area contributed by atoms with Crippen molar-refractivity contribution in [2.45, 2.75) is 6.42 Å². The molecule has 2 heterocycles. The Kier molecular flexibility index (Phi) is 4.61. The van der Waals surface area contributed by atoms with Crippen LogP contribution < -0.4 is 10.1 Å². The molecule has 1 aromatic heterocycles. The third-order valence-corrected chi connectivity index (χ3v) is 4.94. The Morgan fingerprint density at radius 2 is 1.93 bits per heavy atom. The summed E-state index contributed by atoms with van der Waals surface area (Å²) in [5, 5.41) is 2.41. The van der Waals surface area contributed by atoms with E-state index in [2.05, 4.69) is 26.2 Å². The van der Waals surface area contributed by atoms with E-state index in [9.17, 15) is 13.6 Å². The number of halogens is 3. The molecule has 1 N–H and O–H groups in total. The van der Waals surface area contributed by atoms with Crippen LogP contribution in [0.15, 0.2) is 53.1 Å². The molecule has 4 rings (SSSR count). The van der Waals surface area contributed by atoms with E-state index in [1.807, 2.05) is 12.1 Å². The number of pyridine rings is 1. The molecule has 2 aromatic carbocycles. The fraction of sp³-hybridized carbons (Fsp3) is 0.100. The van der Waals surface area contributed by atoms with Crippen LogP contribution in [0.2, 0.25) is 0 Å². The minimum atomic E-state index is -0.925. The number of carbonyl (C=O) groups is 1. The zero-order valence-electron chi connectivity index (χ0n) is 13.9. The molecule has 0 aliphatic carbocycles. The number of nitrogens with zero attached hydrogens (tertiary/aromatic N) is 1. The number of hydrogen-bond donors (Lipinski definition) is 1. The van der Waals surface area contributed by atoms with Crippen LogP contribution in [0.25, 0.3) is 11.1 Å². The average molecular weight is 431 g/mol. The smallest absolute Gasteiger partial charge is 0.262 e. The maximum atomic E-state index is 13.7. The summed E-state index contributed by atoms with van der Waals surface area (Å²) in [6, 6.07) is 10.6. The lowest BCUT2D eigenvalue weighted by atomic mass is 10.0. The van der Waals surface area contributed by atoms with E-state index in [0.717, 1.165) is 45.5 Å². The van der Waals surface area contributed by atoms with E-state index in [1.54, 1.807) is 18.3 Å². The van der Waals surface area contributed by atoms with Crippen LogP contribution >= 0.6 is 15.9 Å². The highest BCUT2D eigenvalue weighted by Gasteiger charge is 2.18. The highest BCUT2D eigenvalue weighted by atomic mass is 79.9. The Hall–Kier alpha value is -2.80. The third-order valence-electron chi connectivity index (χ3n) is 4.29. The van der Waals surface area contributed by atoms with Crippen molar-refractivity contribution < 1.29 is 18.3 Å². The van der Waals surface area contributed by atoms with Crippen LogP contribution in [-0.2, 0) is 6.42 Å². The van der Waals surface area contributed by atoms with E-state index in [4.69, 9.17) is 4.74 Å². The first-order valence-electron chi connectivity index (χ1n) is 8.20. The van der Waals surface area contributed by atoms with E-state index < -0.39 is 23.1 Å². The molecule has 1 aliphatic rings. The predicted octanol–water partition coefficient (Wildman–Crippen LogP) is 4.98. The van der Waals surface area contributed by atoms with Crippen molar-refractivity contribution in [2.75, 3.05) is 11.9 Å². The molecule has 27 heavy (non-hydrogen) atoms. The van der Waals surface area contributed by atoms with Gasteiger partial charge < -0.3 is 10.1 Å². The van der Waals surface area contributed by atoms with Crippen molar-refractivity contribution in [3.8, 4) is 16.9 Å². The number of carbonyl (C=O) groups excluding carboxylic acids is 1. The van der Waals surface area contributed by atoms with Crippen molar-refractivity contribution in [3.63, 3.8) is 0 Å². The highest BCUT2D eigenvalue weighted by Crippen LogP contribution is 2.37. The monoisotopic (exact) mass is 430 g/mol. The Balaban J connectivity index is 1.57. The van der Waals surface area contributed by atoms with E-state index in [1.165, 1.54) is 6.07 Å². The second-order valence-electron chi connectivity index (χ2n) is 6.02. The normalized spacial score (nSPS) is 12.4. The largest absolute Gasteiger partial charge is 0.493 e. The van der Waals surface area contributed by atoms with Crippen LogP contribution in [0, 0.1) is 11.6 Å². The molecule has 0 atom stereocenters. The summed E-state index contributed by atoms with van der Waals surface area (Å²) in [5.41, 5.74) is 2.23. The summed E-state index contributed by atoms with van der Waals surface area (Å²) in [4.78, 5) is 16.3. The number of benzene rings is 2. The quantitative estimate of drug-likeness (QED) is 0.637.